The van der Waals surface area contributed by atoms with Crippen LogP contribution in [-0.4, -0.2) is 58.8 Å². The Morgan fingerprint density at radius 3 is 2.55 bits per heavy atom. The molecule has 0 N–H and O–H groups in total. The molecule has 1 atom stereocenters. The van der Waals surface area contributed by atoms with E-state index in [1.165, 1.54) is 17.1 Å². The summed E-state index contributed by atoms with van der Waals surface area (Å²) in [4.78, 5) is 28.2. The predicted octanol–water partition coefficient (Wildman–Crippen LogP) is 3.51. The molecule has 1 aliphatic heterocycles. The van der Waals surface area contributed by atoms with Crippen LogP contribution in [-0.2, 0) is 21.4 Å². The third-order valence-corrected chi connectivity index (χ3v) is 6.57. The van der Waals surface area contributed by atoms with Gasteiger partial charge in [-0.15, -0.1) is 0 Å². The van der Waals surface area contributed by atoms with E-state index in [-0.39, 0.29) is 36.1 Å². The van der Waals surface area contributed by atoms with Gasteiger partial charge < -0.3 is 14.2 Å². The minimum absolute atomic E-state index is 0.0158. The summed E-state index contributed by atoms with van der Waals surface area (Å²) in [5.41, 5.74) is 2.52. The Balaban J connectivity index is 1.58. The molecule has 0 bridgehead atoms. The van der Waals surface area contributed by atoms with E-state index in [1.54, 1.807) is 24.1 Å². The number of hydrogen-bond donors (Lipinski definition) is 0. The lowest BCUT2D eigenvalue weighted by Gasteiger charge is -2.28. The number of rotatable bonds is 8. The van der Waals surface area contributed by atoms with Crippen LogP contribution in [0.4, 0.5) is 4.39 Å². The van der Waals surface area contributed by atoms with Crippen molar-refractivity contribution in [2.24, 2.45) is 18.1 Å². The number of halogens is 1. The molecule has 2 aromatic rings. The summed E-state index contributed by atoms with van der Waals surface area (Å²) in [6.45, 7) is 0.673. The number of amides is 2. The Hall–Kier alpha value is -3.00. The molecule has 1 aliphatic carbocycles. The van der Waals surface area contributed by atoms with Gasteiger partial charge in [0.15, 0.2) is 0 Å². The van der Waals surface area contributed by atoms with Gasteiger partial charge in [0.1, 0.15) is 12.4 Å². The van der Waals surface area contributed by atoms with Crippen LogP contribution in [0.3, 0.4) is 0 Å². The lowest BCUT2D eigenvalue weighted by molar-refractivity contribution is -0.144. The average molecular weight is 455 g/mol. The standard InChI is InChI=1S/C25H31FN4O3/c1-28-13-5-8-22(28)21-16-23(18-9-11-20(26)12-10-18)30(27-21)24(31)17-29(14-15-33-2)25(32)19-6-3-4-7-19/h5,8-13,19,23H,3-4,6-7,14-17H2,1-2H3. The molecule has 1 aromatic carbocycles. The maximum atomic E-state index is 13.5. The van der Waals surface area contributed by atoms with Gasteiger partial charge >= 0.3 is 0 Å². The molecule has 2 aliphatic rings. The number of hydrazone groups is 1. The summed E-state index contributed by atoms with van der Waals surface area (Å²) >= 11 is 0. The minimum atomic E-state index is -0.353. The fourth-order valence-electron chi connectivity index (χ4n) is 4.74. The quantitative estimate of drug-likeness (QED) is 0.613. The molecule has 2 heterocycles. The highest BCUT2D eigenvalue weighted by atomic mass is 19.1. The second-order valence-corrected chi connectivity index (χ2v) is 8.79. The molecular formula is C25H31FN4O3. The molecule has 1 fully saturated rings. The molecule has 1 saturated carbocycles. The minimum Gasteiger partial charge on any atom is -0.383 e. The molecule has 0 spiro atoms. The summed E-state index contributed by atoms with van der Waals surface area (Å²) in [7, 11) is 3.52. The van der Waals surface area contributed by atoms with Crippen LogP contribution in [0.15, 0.2) is 47.7 Å². The number of aryl methyl sites for hydroxylation is 1. The molecule has 2 amide bonds. The van der Waals surface area contributed by atoms with Crippen molar-refractivity contribution in [3.63, 3.8) is 0 Å². The van der Waals surface area contributed by atoms with Crippen molar-refractivity contribution < 1.29 is 18.7 Å². The summed E-state index contributed by atoms with van der Waals surface area (Å²) in [5, 5.41) is 6.15. The van der Waals surface area contributed by atoms with Gasteiger partial charge in [-0.25, -0.2) is 9.40 Å². The van der Waals surface area contributed by atoms with Crippen molar-refractivity contribution in [2.45, 2.75) is 38.1 Å². The number of hydrogen-bond acceptors (Lipinski definition) is 4. The average Bonchev–Trinajstić information content (AvgIpc) is 3.57. The van der Waals surface area contributed by atoms with E-state index in [1.807, 2.05) is 29.9 Å². The Bertz CT molecular complexity index is 1010. The zero-order chi connectivity index (χ0) is 23.4. The molecule has 33 heavy (non-hydrogen) atoms. The highest BCUT2D eigenvalue weighted by molar-refractivity contribution is 6.02. The topological polar surface area (TPSA) is 67.1 Å². The normalized spacial score (nSPS) is 18.6. The van der Waals surface area contributed by atoms with Crippen LogP contribution in [0, 0.1) is 11.7 Å². The van der Waals surface area contributed by atoms with Gasteiger partial charge in [0.05, 0.1) is 24.1 Å². The number of ether oxygens (including phenoxy) is 1. The first-order chi connectivity index (χ1) is 16.0. The van der Waals surface area contributed by atoms with E-state index < -0.39 is 0 Å². The molecule has 1 unspecified atom stereocenters. The second kappa shape index (κ2) is 10.3. The Labute approximate surface area is 193 Å². The smallest absolute Gasteiger partial charge is 0.262 e. The van der Waals surface area contributed by atoms with Gasteiger partial charge in [-0.1, -0.05) is 25.0 Å². The van der Waals surface area contributed by atoms with Crippen LogP contribution >= 0.6 is 0 Å². The molecule has 8 heteroatoms. The molecule has 176 valence electrons. The van der Waals surface area contributed by atoms with E-state index in [2.05, 4.69) is 5.10 Å². The van der Waals surface area contributed by atoms with E-state index in [4.69, 9.17) is 4.74 Å². The van der Waals surface area contributed by atoms with Crippen LogP contribution in [0.25, 0.3) is 0 Å². The number of benzene rings is 1. The molecule has 4 rings (SSSR count). The van der Waals surface area contributed by atoms with Crippen LogP contribution in [0.5, 0.6) is 0 Å². The van der Waals surface area contributed by atoms with Gasteiger partial charge in [0.2, 0.25) is 5.91 Å². The van der Waals surface area contributed by atoms with E-state index >= 15 is 0 Å². The van der Waals surface area contributed by atoms with Gasteiger partial charge in [-0.3, -0.25) is 9.59 Å². The number of nitrogens with zero attached hydrogens (tertiary/aromatic N) is 4. The van der Waals surface area contributed by atoms with Crippen molar-refractivity contribution in [3.8, 4) is 0 Å². The fraction of sp³-hybridized carbons (Fsp3) is 0.480. The summed E-state index contributed by atoms with van der Waals surface area (Å²) in [6, 6.07) is 9.71. The SMILES string of the molecule is COCCN(CC(=O)N1N=C(c2cccn2C)CC1c1ccc(F)cc1)C(=O)C1CCCC1. The van der Waals surface area contributed by atoms with Crippen molar-refractivity contribution in [2.75, 3.05) is 26.8 Å². The Morgan fingerprint density at radius 2 is 1.91 bits per heavy atom. The monoisotopic (exact) mass is 454 g/mol. The van der Waals surface area contributed by atoms with Gasteiger partial charge in [0, 0.05) is 39.2 Å². The van der Waals surface area contributed by atoms with Crippen molar-refractivity contribution in [1.29, 1.82) is 0 Å². The fourth-order valence-corrected chi connectivity index (χ4v) is 4.74. The zero-order valence-electron chi connectivity index (χ0n) is 19.2. The van der Waals surface area contributed by atoms with Crippen LogP contribution in [0.2, 0.25) is 0 Å². The summed E-state index contributed by atoms with van der Waals surface area (Å²) in [6.07, 6.45) is 6.28. The summed E-state index contributed by atoms with van der Waals surface area (Å²) in [5.74, 6) is -0.590. The van der Waals surface area contributed by atoms with Crippen molar-refractivity contribution >= 4 is 17.5 Å². The first kappa shape index (κ1) is 23.2. The molecule has 1 aromatic heterocycles. The maximum Gasteiger partial charge on any atom is 0.262 e. The molecular weight excluding hydrogens is 423 g/mol. The number of aromatic nitrogens is 1. The van der Waals surface area contributed by atoms with Gasteiger partial charge in [-0.2, -0.15) is 5.10 Å². The maximum absolute atomic E-state index is 13.5. The lowest BCUT2D eigenvalue weighted by atomic mass is 10.0. The second-order valence-electron chi connectivity index (χ2n) is 8.79. The van der Waals surface area contributed by atoms with Crippen LogP contribution < -0.4 is 0 Å². The van der Waals surface area contributed by atoms with Gasteiger partial charge in [0.25, 0.3) is 5.91 Å². The third-order valence-electron chi connectivity index (χ3n) is 6.57. The predicted molar refractivity (Wildman–Crippen MR) is 123 cm³/mol. The first-order valence-corrected chi connectivity index (χ1v) is 11.5. The highest BCUT2D eigenvalue weighted by Gasteiger charge is 2.36. The molecule has 7 nitrogen and oxygen atoms in total. The number of methoxy groups -OCH3 is 1. The Kier molecular flexibility index (Phi) is 7.23. The largest absolute Gasteiger partial charge is 0.383 e. The van der Waals surface area contributed by atoms with E-state index in [0.717, 1.165) is 42.7 Å². The number of carbonyl (C=O) groups excluding carboxylic acids is 2. The summed E-state index contributed by atoms with van der Waals surface area (Å²) < 4.78 is 20.7. The van der Waals surface area contributed by atoms with Crippen molar-refractivity contribution in [1.82, 2.24) is 14.5 Å². The van der Waals surface area contributed by atoms with E-state index in [0.29, 0.717) is 19.6 Å². The highest BCUT2D eigenvalue weighted by Crippen LogP contribution is 2.33. The third kappa shape index (κ3) is 5.16. The van der Waals surface area contributed by atoms with Gasteiger partial charge in [-0.05, 0) is 42.7 Å². The van der Waals surface area contributed by atoms with Crippen molar-refractivity contribution in [3.05, 3.63) is 59.7 Å². The van der Waals surface area contributed by atoms with Crippen LogP contribution in [0.1, 0.15) is 49.4 Å². The number of carbonyl (C=O) groups is 2. The first-order valence-electron chi connectivity index (χ1n) is 11.5. The zero-order valence-corrected chi connectivity index (χ0v) is 19.2. The lowest BCUT2D eigenvalue weighted by Crippen LogP contribution is -2.44. The van der Waals surface area contributed by atoms with E-state index in [9.17, 15) is 14.0 Å². The molecule has 0 saturated heterocycles. The Morgan fingerprint density at radius 1 is 1.18 bits per heavy atom. The molecule has 0 radical (unpaired) electrons.